The van der Waals surface area contributed by atoms with E-state index >= 15 is 4.39 Å². The van der Waals surface area contributed by atoms with E-state index < -0.39 is 16.6 Å². The van der Waals surface area contributed by atoms with E-state index in [1.54, 1.807) is 17.9 Å². The molecule has 0 aliphatic heterocycles. The fourth-order valence-electron chi connectivity index (χ4n) is 4.64. The summed E-state index contributed by atoms with van der Waals surface area (Å²) in [6.07, 6.45) is 3.14. The number of nitrogens with one attached hydrogen (secondary N) is 1. The summed E-state index contributed by atoms with van der Waals surface area (Å²) in [6, 6.07) is 17.3. The number of aryl methyl sites for hydroxylation is 1. The Morgan fingerprint density at radius 2 is 1.71 bits per heavy atom. The van der Waals surface area contributed by atoms with Crippen LogP contribution in [-0.2, 0) is 28.6 Å². The quantitative estimate of drug-likeness (QED) is 0.176. The van der Waals surface area contributed by atoms with Crippen molar-refractivity contribution in [2.24, 2.45) is 0 Å². The summed E-state index contributed by atoms with van der Waals surface area (Å²) in [6.45, 7) is 10.7. The summed E-state index contributed by atoms with van der Waals surface area (Å²) >= 11 is 1.37. The van der Waals surface area contributed by atoms with Crippen molar-refractivity contribution in [3.8, 4) is 22.4 Å². The first-order valence-corrected chi connectivity index (χ1v) is 16.5. The number of thiazole rings is 1. The number of aromatic nitrogens is 1. The summed E-state index contributed by atoms with van der Waals surface area (Å²) in [7, 11) is -1.47. The summed E-state index contributed by atoms with van der Waals surface area (Å²) in [5, 5.41) is 5.02. The lowest BCUT2D eigenvalue weighted by Crippen LogP contribution is -2.32. The number of carbonyl (C=O) groups excluding carboxylic acids is 2. The first kappa shape index (κ1) is 32.8. The number of hydrogen-bond acceptors (Lipinski definition) is 5. The second kappa shape index (κ2) is 15.5. The van der Waals surface area contributed by atoms with Crippen LogP contribution in [0.4, 0.5) is 9.52 Å². The zero-order valence-corrected chi connectivity index (χ0v) is 26.6. The van der Waals surface area contributed by atoms with Crippen LogP contribution in [0.3, 0.4) is 0 Å². The van der Waals surface area contributed by atoms with Crippen molar-refractivity contribution in [2.75, 3.05) is 18.1 Å². The molecule has 6 nitrogen and oxygen atoms in total. The van der Waals surface area contributed by atoms with Gasteiger partial charge in [0, 0.05) is 41.4 Å². The van der Waals surface area contributed by atoms with Gasteiger partial charge in [0.2, 0.25) is 6.41 Å². The molecule has 0 saturated heterocycles. The van der Waals surface area contributed by atoms with E-state index in [1.807, 2.05) is 63.4 Å². The Morgan fingerprint density at radius 1 is 1.05 bits per heavy atom. The third-order valence-electron chi connectivity index (χ3n) is 6.79. The van der Waals surface area contributed by atoms with Crippen molar-refractivity contribution in [1.82, 2.24) is 9.88 Å². The number of rotatable bonds is 11. The van der Waals surface area contributed by atoms with Gasteiger partial charge in [-0.05, 0) is 60.2 Å². The van der Waals surface area contributed by atoms with Crippen LogP contribution in [0.1, 0.15) is 61.2 Å². The second-order valence-electron chi connectivity index (χ2n) is 9.46. The van der Waals surface area contributed by atoms with Gasteiger partial charge in [0.15, 0.2) is 5.13 Å². The molecule has 2 amide bonds. The van der Waals surface area contributed by atoms with Gasteiger partial charge in [-0.2, -0.15) is 0 Å². The number of carbonyl (C=O) groups is 2. The zero-order valence-electron chi connectivity index (χ0n) is 25.0. The minimum Gasteiger partial charge on any atom is -0.334 e. The van der Waals surface area contributed by atoms with Crippen LogP contribution < -0.4 is 5.32 Å². The van der Waals surface area contributed by atoms with Gasteiger partial charge in [0.05, 0.1) is 21.4 Å². The van der Waals surface area contributed by atoms with Gasteiger partial charge in [-0.25, -0.2) is 9.37 Å². The van der Waals surface area contributed by atoms with Crippen LogP contribution >= 0.6 is 11.3 Å². The molecule has 3 aromatic carbocycles. The highest BCUT2D eigenvalue weighted by atomic mass is 32.2. The lowest BCUT2D eigenvalue weighted by molar-refractivity contribution is -0.105. The smallest absolute Gasteiger partial charge is 0.254 e. The molecular weight excluding hydrogens is 570 g/mol. The monoisotopic (exact) mass is 607 g/mol. The molecule has 1 unspecified atom stereocenters. The molecular formula is C33H38FN3O3S2. The first-order chi connectivity index (χ1) is 20.3. The highest BCUT2D eigenvalue weighted by Gasteiger charge is 2.23. The second-order valence-corrected chi connectivity index (χ2v) is 11.7. The van der Waals surface area contributed by atoms with Gasteiger partial charge in [-0.3, -0.25) is 13.8 Å². The third-order valence-corrected chi connectivity index (χ3v) is 8.50. The van der Waals surface area contributed by atoms with E-state index in [4.69, 9.17) is 0 Å². The number of benzene rings is 3. The molecule has 0 radical (unpaired) electrons. The number of hydrogen-bond donors (Lipinski definition) is 1. The van der Waals surface area contributed by atoms with E-state index in [2.05, 4.69) is 22.4 Å². The molecule has 1 atom stereocenters. The fraction of sp³-hybridized carbons (Fsp3) is 0.303. The largest absolute Gasteiger partial charge is 0.334 e. The maximum Gasteiger partial charge on any atom is 0.254 e. The first-order valence-electron chi connectivity index (χ1n) is 14.1. The standard InChI is InChI=1S/C31H32FN3O3S2.C2H6/c1-5-15-35(30(37)26-13-14-28(40(4)38)29(32)25(26)6-2)17-24-16-23(8-7-20(24)3)21-9-11-22(12-10-21)27-18-39-31(34-27)33-19-36;1-2/h7-14,16,18-19H,5-6,15,17H2,1-4H3,(H,33,34,36);1-2H3. The van der Waals surface area contributed by atoms with Crippen molar-refractivity contribution in [2.45, 2.75) is 58.9 Å². The van der Waals surface area contributed by atoms with Gasteiger partial charge >= 0.3 is 0 Å². The SMILES string of the molecule is CC.CCCN(Cc1cc(-c2ccc(-c3csc(NC=O)n3)cc2)ccc1C)C(=O)c1ccc(S(C)=O)c(F)c1CC. The van der Waals surface area contributed by atoms with Gasteiger partial charge in [-0.1, -0.05) is 64.1 Å². The fourth-order valence-corrected chi connectivity index (χ4v) is 5.96. The Bertz CT molecular complexity index is 1550. The Morgan fingerprint density at radius 3 is 2.33 bits per heavy atom. The maximum atomic E-state index is 15.1. The molecule has 0 fully saturated rings. The van der Waals surface area contributed by atoms with Crippen LogP contribution in [0.15, 0.2) is 64.9 Å². The van der Waals surface area contributed by atoms with Gasteiger partial charge in [-0.15, -0.1) is 11.3 Å². The van der Waals surface area contributed by atoms with E-state index in [0.717, 1.165) is 39.9 Å². The van der Waals surface area contributed by atoms with E-state index in [9.17, 15) is 13.8 Å². The van der Waals surface area contributed by atoms with E-state index in [0.29, 0.717) is 42.2 Å². The zero-order chi connectivity index (χ0) is 30.8. The minimum atomic E-state index is -1.47. The van der Waals surface area contributed by atoms with Crippen LogP contribution in [-0.4, -0.2) is 39.2 Å². The molecule has 0 saturated carbocycles. The van der Waals surface area contributed by atoms with Crippen molar-refractivity contribution < 1.29 is 18.2 Å². The Labute approximate surface area is 254 Å². The van der Waals surface area contributed by atoms with Crippen molar-refractivity contribution >= 4 is 39.6 Å². The molecule has 0 aliphatic carbocycles. The summed E-state index contributed by atoms with van der Waals surface area (Å²) in [5.41, 5.74) is 6.48. The molecule has 1 N–H and O–H groups in total. The Kier molecular flexibility index (Phi) is 12.1. The average Bonchev–Trinajstić information content (AvgIpc) is 3.47. The molecule has 0 spiro atoms. The van der Waals surface area contributed by atoms with Crippen molar-refractivity contribution in [3.63, 3.8) is 0 Å². The number of amides is 2. The highest BCUT2D eigenvalue weighted by Crippen LogP contribution is 2.29. The molecule has 1 heterocycles. The molecule has 4 rings (SSSR count). The molecule has 42 heavy (non-hydrogen) atoms. The molecule has 4 aromatic rings. The van der Waals surface area contributed by atoms with Crippen LogP contribution in [0.5, 0.6) is 0 Å². The van der Waals surface area contributed by atoms with Crippen LogP contribution in [0.2, 0.25) is 0 Å². The van der Waals surface area contributed by atoms with Gasteiger partial charge in [0.1, 0.15) is 5.82 Å². The average molecular weight is 608 g/mol. The molecule has 9 heteroatoms. The maximum absolute atomic E-state index is 15.1. The number of anilines is 1. The van der Waals surface area contributed by atoms with Crippen LogP contribution in [0, 0.1) is 12.7 Å². The lowest BCUT2D eigenvalue weighted by atomic mass is 9.97. The van der Waals surface area contributed by atoms with E-state index in [-0.39, 0.29) is 10.8 Å². The topological polar surface area (TPSA) is 79.4 Å². The predicted octanol–water partition coefficient (Wildman–Crippen LogP) is 7.87. The van der Waals surface area contributed by atoms with Crippen molar-refractivity contribution in [1.29, 1.82) is 0 Å². The minimum absolute atomic E-state index is 0.123. The van der Waals surface area contributed by atoms with Gasteiger partial charge in [0.25, 0.3) is 5.91 Å². The Hall–Kier alpha value is -3.69. The highest BCUT2D eigenvalue weighted by molar-refractivity contribution is 7.84. The summed E-state index contributed by atoms with van der Waals surface area (Å²) in [4.78, 5) is 30.7. The number of nitrogens with zero attached hydrogens (tertiary/aromatic N) is 2. The number of halogens is 1. The Balaban J connectivity index is 0.00000237. The van der Waals surface area contributed by atoms with Crippen LogP contribution in [0.25, 0.3) is 22.4 Å². The van der Waals surface area contributed by atoms with Crippen molar-refractivity contribution in [3.05, 3.63) is 88.0 Å². The molecule has 1 aromatic heterocycles. The summed E-state index contributed by atoms with van der Waals surface area (Å²) < 4.78 is 27.1. The lowest BCUT2D eigenvalue weighted by Gasteiger charge is -2.25. The normalized spacial score (nSPS) is 11.3. The molecule has 0 aliphatic rings. The third kappa shape index (κ3) is 7.57. The summed E-state index contributed by atoms with van der Waals surface area (Å²) in [5.74, 6) is -0.784. The van der Waals surface area contributed by atoms with Gasteiger partial charge < -0.3 is 10.2 Å². The predicted molar refractivity (Wildman–Crippen MR) is 172 cm³/mol. The molecule has 0 bridgehead atoms. The van der Waals surface area contributed by atoms with E-state index in [1.165, 1.54) is 23.7 Å². The molecule has 222 valence electrons.